The van der Waals surface area contributed by atoms with E-state index in [0.717, 1.165) is 11.1 Å². The van der Waals surface area contributed by atoms with Crippen LogP contribution in [0.25, 0.3) is 0 Å². The Labute approximate surface area is 195 Å². The van der Waals surface area contributed by atoms with Gasteiger partial charge in [-0.25, -0.2) is 4.79 Å². The summed E-state index contributed by atoms with van der Waals surface area (Å²) in [5.41, 5.74) is -0.0871. The summed E-state index contributed by atoms with van der Waals surface area (Å²) >= 11 is 5.94. The molecule has 5 nitrogen and oxygen atoms in total. The Morgan fingerprint density at radius 2 is 1.72 bits per heavy atom. The fraction of sp³-hybridized carbons (Fsp3) is 0.346. The number of rotatable bonds is 9. The van der Waals surface area contributed by atoms with Gasteiger partial charge < -0.3 is 10.1 Å². The molecule has 2 rings (SSSR count). The standard InChI is InChI=1S/C26H31ClN2O3/c1-6-16-26(5,28-18-20-12-14-21(27)15-13-20)24(31)29-22(23(30)32-25(2,3)4)17-19-10-8-7-9-11-19/h6-15,18,22H,1,16-17H2,2-5H3,(H,29,31)/t22-,26+/m0/s1. The average molecular weight is 455 g/mol. The second kappa shape index (κ2) is 11.1. The maximum Gasteiger partial charge on any atom is 0.329 e. The zero-order valence-electron chi connectivity index (χ0n) is 19.1. The van der Waals surface area contributed by atoms with Gasteiger partial charge in [0.1, 0.15) is 17.2 Å². The molecule has 170 valence electrons. The van der Waals surface area contributed by atoms with E-state index in [0.29, 0.717) is 17.9 Å². The first-order chi connectivity index (χ1) is 15.0. The Morgan fingerprint density at radius 1 is 1.09 bits per heavy atom. The SMILES string of the molecule is C=CC[C@@](C)(N=Cc1ccc(Cl)cc1)C(=O)N[C@@H](Cc1ccccc1)C(=O)OC(C)(C)C. The van der Waals surface area contributed by atoms with E-state index in [9.17, 15) is 9.59 Å². The number of carbonyl (C=O) groups excluding carboxylic acids is 2. The van der Waals surface area contributed by atoms with Gasteiger partial charge in [-0.05, 0) is 57.4 Å². The molecule has 0 radical (unpaired) electrons. The highest BCUT2D eigenvalue weighted by molar-refractivity contribution is 6.30. The van der Waals surface area contributed by atoms with Crippen LogP contribution in [-0.4, -0.2) is 35.3 Å². The molecule has 2 aromatic carbocycles. The van der Waals surface area contributed by atoms with Gasteiger partial charge in [-0.3, -0.25) is 9.79 Å². The summed E-state index contributed by atoms with van der Waals surface area (Å²) < 4.78 is 5.56. The van der Waals surface area contributed by atoms with E-state index in [-0.39, 0.29) is 5.91 Å². The van der Waals surface area contributed by atoms with Gasteiger partial charge in [0.15, 0.2) is 0 Å². The lowest BCUT2D eigenvalue weighted by molar-refractivity contribution is -0.158. The number of carbonyl (C=O) groups is 2. The topological polar surface area (TPSA) is 67.8 Å². The minimum Gasteiger partial charge on any atom is -0.458 e. The Balaban J connectivity index is 2.26. The Bertz CT molecular complexity index is 949. The monoisotopic (exact) mass is 454 g/mol. The van der Waals surface area contributed by atoms with Gasteiger partial charge in [0.25, 0.3) is 0 Å². The second-order valence-electron chi connectivity index (χ2n) is 8.83. The van der Waals surface area contributed by atoms with Crippen LogP contribution in [0, 0.1) is 0 Å². The minimum atomic E-state index is -1.14. The molecule has 32 heavy (non-hydrogen) atoms. The summed E-state index contributed by atoms with van der Waals surface area (Å²) in [4.78, 5) is 30.7. The molecule has 1 N–H and O–H groups in total. The Kier molecular flexibility index (Phi) is 8.79. The van der Waals surface area contributed by atoms with Crippen LogP contribution in [0.2, 0.25) is 5.02 Å². The Hall–Kier alpha value is -2.92. The molecule has 0 saturated carbocycles. The first kappa shape index (κ1) is 25.3. The summed E-state index contributed by atoms with van der Waals surface area (Å²) in [5.74, 6) is -0.869. The molecule has 0 saturated heterocycles. The number of nitrogens with one attached hydrogen (secondary N) is 1. The normalized spacial score (nSPS) is 14.4. The zero-order chi connectivity index (χ0) is 23.8. The van der Waals surface area contributed by atoms with Gasteiger partial charge in [0.2, 0.25) is 5.91 Å². The largest absolute Gasteiger partial charge is 0.458 e. The van der Waals surface area contributed by atoms with E-state index in [4.69, 9.17) is 16.3 Å². The summed E-state index contributed by atoms with van der Waals surface area (Å²) in [6.45, 7) is 10.9. The third kappa shape index (κ3) is 7.97. The molecule has 0 aliphatic carbocycles. The highest BCUT2D eigenvalue weighted by Gasteiger charge is 2.35. The molecule has 0 unspecified atom stereocenters. The van der Waals surface area contributed by atoms with Crippen LogP contribution in [0.1, 0.15) is 45.2 Å². The van der Waals surface area contributed by atoms with E-state index >= 15 is 0 Å². The van der Waals surface area contributed by atoms with Gasteiger partial charge in [-0.2, -0.15) is 0 Å². The van der Waals surface area contributed by atoms with Crippen molar-refractivity contribution in [3.05, 3.63) is 83.4 Å². The molecule has 0 fully saturated rings. The van der Waals surface area contributed by atoms with Crippen LogP contribution in [0.3, 0.4) is 0 Å². The average Bonchev–Trinajstić information content (AvgIpc) is 2.72. The van der Waals surface area contributed by atoms with E-state index in [1.807, 2.05) is 42.5 Å². The number of esters is 1. The van der Waals surface area contributed by atoms with Crippen molar-refractivity contribution in [3.8, 4) is 0 Å². The summed E-state index contributed by atoms with van der Waals surface area (Å²) in [6.07, 6.45) is 3.87. The lowest BCUT2D eigenvalue weighted by Gasteiger charge is -2.28. The maximum atomic E-state index is 13.3. The molecule has 2 atom stereocenters. The molecule has 0 aliphatic rings. The van der Waals surface area contributed by atoms with E-state index < -0.39 is 23.2 Å². The number of halogens is 1. The molecule has 0 spiro atoms. The van der Waals surface area contributed by atoms with Crippen molar-refractivity contribution in [2.24, 2.45) is 4.99 Å². The molecular weight excluding hydrogens is 424 g/mol. The number of ether oxygens (including phenoxy) is 1. The number of hydrogen-bond donors (Lipinski definition) is 1. The zero-order valence-corrected chi connectivity index (χ0v) is 19.9. The molecule has 0 bridgehead atoms. The fourth-order valence-electron chi connectivity index (χ4n) is 2.98. The Morgan fingerprint density at radius 3 is 2.28 bits per heavy atom. The number of amides is 1. The predicted molar refractivity (Wildman–Crippen MR) is 130 cm³/mol. The van der Waals surface area contributed by atoms with Crippen molar-refractivity contribution in [2.75, 3.05) is 0 Å². The van der Waals surface area contributed by atoms with Crippen molar-refractivity contribution in [3.63, 3.8) is 0 Å². The molecular formula is C26H31ClN2O3. The van der Waals surface area contributed by atoms with Crippen molar-refractivity contribution in [2.45, 2.75) is 57.7 Å². The lowest BCUT2D eigenvalue weighted by Crippen LogP contribution is -2.52. The number of aliphatic imine (C=N–C) groups is 1. The van der Waals surface area contributed by atoms with Crippen molar-refractivity contribution in [1.29, 1.82) is 0 Å². The first-order valence-corrected chi connectivity index (χ1v) is 10.9. The summed E-state index contributed by atoms with van der Waals surface area (Å²) in [7, 11) is 0. The molecule has 0 aliphatic heterocycles. The van der Waals surface area contributed by atoms with Crippen LogP contribution >= 0.6 is 11.6 Å². The van der Waals surface area contributed by atoms with Crippen molar-refractivity contribution in [1.82, 2.24) is 5.32 Å². The molecule has 0 aromatic heterocycles. The van der Waals surface area contributed by atoms with Gasteiger partial charge in [-0.1, -0.05) is 60.1 Å². The molecule has 0 heterocycles. The van der Waals surface area contributed by atoms with Crippen LogP contribution in [-0.2, 0) is 20.7 Å². The smallest absolute Gasteiger partial charge is 0.329 e. The van der Waals surface area contributed by atoms with E-state index in [2.05, 4.69) is 16.9 Å². The van der Waals surface area contributed by atoms with Crippen LogP contribution in [0.15, 0.2) is 72.2 Å². The number of hydrogen-bond acceptors (Lipinski definition) is 4. The fourth-order valence-corrected chi connectivity index (χ4v) is 3.11. The van der Waals surface area contributed by atoms with Gasteiger partial charge in [0, 0.05) is 17.7 Å². The van der Waals surface area contributed by atoms with Gasteiger partial charge in [-0.15, -0.1) is 6.58 Å². The highest BCUT2D eigenvalue weighted by Crippen LogP contribution is 2.19. The third-order valence-electron chi connectivity index (χ3n) is 4.68. The lowest BCUT2D eigenvalue weighted by atomic mass is 9.96. The van der Waals surface area contributed by atoms with Crippen molar-refractivity contribution < 1.29 is 14.3 Å². The first-order valence-electron chi connectivity index (χ1n) is 10.5. The minimum absolute atomic E-state index is 0.301. The number of nitrogens with zero attached hydrogens (tertiary/aromatic N) is 1. The quantitative estimate of drug-likeness (QED) is 0.323. The van der Waals surface area contributed by atoms with Gasteiger partial charge >= 0.3 is 5.97 Å². The molecule has 6 heteroatoms. The molecule has 1 amide bonds. The third-order valence-corrected chi connectivity index (χ3v) is 4.93. The molecule has 2 aromatic rings. The van der Waals surface area contributed by atoms with Crippen LogP contribution in [0.5, 0.6) is 0 Å². The second-order valence-corrected chi connectivity index (χ2v) is 9.26. The van der Waals surface area contributed by atoms with Gasteiger partial charge in [0.05, 0.1) is 0 Å². The van der Waals surface area contributed by atoms with E-state index in [1.54, 1.807) is 52.1 Å². The van der Waals surface area contributed by atoms with Crippen LogP contribution in [0.4, 0.5) is 0 Å². The maximum absolute atomic E-state index is 13.3. The summed E-state index contributed by atoms with van der Waals surface area (Å²) in [6, 6.07) is 15.8. The van der Waals surface area contributed by atoms with Crippen LogP contribution < -0.4 is 5.32 Å². The predicted octanol–water partition coefficient (Wildman–Crippen LogP) is 5.16. The van der Waals surface area contributed by atoms with Crippen molar-refractivity contribution >= 4 is 29.7 Å². The number of benzene rings is 2. The summed E-state index contributed by atoms with van der Waals surface area (Å²) in [5, 5.41) is 3.48. The van der Waals surface area contributed by atoms with E-state index in [1.165, 1.54) is 0 Å². The highest BCUT2D eigenvalue weighted by atomic mass is 35.5.